The molecule has 0 aromatic heterocycles. The van der Waals surface area contributed by atoms with Crippen molar-refractivity contribution in [2.45, 2.75) is 25.9 Å². The van der Waals surface area contributed by atoms with Crippen molar-refractivity contribution in [1.82, 2.24) is 4.90 Å². The number of carbonyl (C=O) groups is 1. The van der Waals surface area contributed by atoms with Crippen molar-refractivity contribution >= 4 is 5.91 Å². The Morgan fingerprint density at radius 3 is 2.48 bits per heavy atom. The van der Waals surface area contributed by atoms with Crippen LogP contribution in [0.3, 0.4) is 0 Å². The standard InChI is InChI=1S/C18H20N2O/c1-13-6-2-5-9-16(13)17(18(19)21)20-11-10-14-7-3-4-8-15(14)12-20/h2-9,17H,10-12H2,1H3,(H2,19,21). The smallest absolute Gasteiger partial charge is 0.239 e. The van der Waals surface area contributed by atoms with Gasteiger partial charge in [-0.25, -0.2) is 0 Å². The van der Waals surface area contributed by atoms with Crippen molar-refractivity contribution in [2.24, 2.45) is 5.73 Å². The van der Waals surface area contributed by atoms with Gasteiger partial charge >= 0.3 is 0 Å². The van der Waals surface area contributed by atoms with Crippen LogP contribution in [0, 0.1) is 6.92 Å². The van der Waals surface area contributed by atoms with Crippen molar-refractivity contribution in [3.63, 3.8) is 0 Å². The van der Waals surface area contributed by atoms with Crippen molar-refractivity contribution in [2.75, 3.05) is 6.54 Å². The molecule has 3 nitrogen and oxygen atoms in total. The normalized spacial score (nSPS) is 16.2. The molecule has 108 valence electrons. The first-order chi connectivity index (χ1) is 10.2. The van der Waals surface area contributed by atoms with Gasteiger partial charge in [0.25, 0.3) is 0 Å². The van der Waals surface area contributed by atoms with Crippen molar-refractivity contribution in [1.29, 1.82) is 0 Å². The van der Waals surface area contributed by atoms with Gasteiger partial charge in [-0.3, -0.25) is 9.69 Å². The number of nitrogens with two attached hydrogens (primary N) is 1. The monoisotopic (exact) mass is 280 g/mol. The highest BCUT2D eigenvalue weighted by Gasteiger charge is 2.29. The molecule has 1 amide bonds. The number of benzene rings is 2. The molecule has 1 unspecified atom stereocenters. The number of primary amides is 1. The van der Waals surface area contributed by atoms with Gasteiger partial charge in [-0.15, -0.1) is 0 Å². The summed E-state index contributed by atoms with van der Waals surface area (Å²) in [5.74, 6) is -0.274. The Kier molecular flexibility index (Phi) is 3.76. The zero-order chi connectivity index (χ0) is 14.8. The third-order valence-electron chi connectivity index (χ3n) is 4.28. The van der Waals surface area contributed by atoms with E-state index >= 15 is 0 Å². The molecule has 1 atom stereocenters. The van der Waals surface area contributed by atoms with E-state index in [9.17, 15) is 4.79 Å². The molecule has 0 saturated carbocycles. The average Bonchev–Trinajstić information content (AvgIpc) is 2.49. The quantitative estimate of drug-likeness (QED) is 0.939. The summed E-state index contributed by atoms with van der Waals surface area (Å²) < 4.78 is 0. The molecule has 0 fully saturated rings. The Labute approximate surface area is 125 Å². The summed E-state index contributed by atoms with van der Waals surface area (Å²) in [6.07, 6.45) is 0.964. The second-order valence-electron chi connectivity index (χ2n) is 5.65. The minimum Gasteiger partial charge on any atom is -0.368 e. The second kappa shape index (κ2) is 5.70. The summed E-state index contributed by atoms with van der Waals surface area (Å²) in [6.45, 7) is 3.67. The Balaban J connectivity index is 1.94. The van der Waals surface area contributed by atoms with Crippen LogP contribution in [0.1, 0.15) is 28.3 Å². The van der Waals surface area contributed by atoms with E-state index in [4.69, 9.17) is 5.73 Å². The minimum atomic E-state index is -0.348. The summed E-state index contributed by atoms with van der Waals surface area (Å²) in [6, 6.07) is 16.1. The molecule has 0 spiro atoms. The van der Waals surface area contributed by atoms with E-state index in [0.717, 1.165) is 30.6 Å². The maximum Gasteiger partial charge on any atom is 0.239 e. The lowest BCUT2D eigenvalue weighted by atomic mass is 9.94. The van der Waals surface area contributed by atoms with Gasteiger partial charge in [0.15, 0.2) is 0 Å². The number of amides is 1. The fourth-order valence-electron chi connectivity index (χ4n) is 3.16. The first kappa shape index (κ1) is 13.8. The van der Waals surface area contributed by atoms with E-state index < -0.39 is 0 Å². The van der Waals surface area contributed by atoms with Crippen molar-refractivity contribution < 1.29 is 4.79 Å². The van der Waals surface area contributed by atoms with Crippen LogP contribution in [0.15, 0.2) is 48.5 Å². The van der Waals surface area contributed by atoms with Crippen LogP contribution < -0.4 is 5.73 Å². The van der Waals surface area contributed by atoms with Gasteiger partial charge in [-0.1, -0.05) is 48.5 Å². The number of hydrogen-bond donors (Lipinski definition) is 1. The van der Waals surface area contributed by atoms with E-state index in [1.54, 1.807) is 0 Å². The number of rotatable bonds is 3. The first-order valence-corrected chi connectivity index (χ1v) is 7.32. The highest BCUT2D eigenvalue weighted by atomic mass is 16.1. The van der Waals surface area contributed by atoms with Crippen molar-refractivity contribution in [3.05, 3.63) is 70.8 Å². The van der Waals surface area contributed by atoms with Crippen LogP contribution in [0.25, 0.3) is 0 Å². The summed E-state index contributed by atoms with van der Waals surface area (Å²) >= 11 is 0. The largest absolute Gasteiger partial charge is 0.368 e. The average molecular weight is 280 g/mol. The maximum atomic E-state index is 12.0. The third-order valence-corrected chi connectivity index (χ3v) is 4.28. The number of aryl methyl sites for hydroxylation is 1. The second-order valence-corrected chi connectivity index (χ2v) is 5.65. The molecule has 1 aliphatic rings. The third kappa shape index (κ3) is 2.69. The van der Waals surface area contributed by atoms with Gasteiger partial charge in [0, 0.05) is 13.1 Å². The molecule has 21 heavy (non-hydrogen) atoms. The number of nitrogens with zero attached hydrogens (tertiary/aromatic N) is 1. The fourth-order valence-corrected chi connectivity index (χ4v) is 3.16. The van der Waals surface area contributed by atoms with E-state index in [-0.39, 0.29) is 11.9 Å². The van der Waals surface area contributed by atoms with Gasteiger partial charge in [0.1, 0.15) is 6.04 Å². The van der Waals surface area contributed by atoms with Gasteiger partial charge in [-0.2, -0.15) is 0 Å². The molecule has 1 aliphatic heterocycles. The molecule has 0 saturated heterocycles. The molecule has 0 bridgehead atoms. The van der Waals surface area contributed by atoms with E-state index in [2.05, 4.69) is 29.2 Å². The van der Waals surface area contributed by atoms with Crippen LogP contribution in [0.2, 0.25) is 0 Å². The molecule has 2 aromatic carbocycles. The van der Waals surface area contributed by atoms with Gasteiger partial charge in [0.05, 0.1) is 0 Å². The summed E-state index contributed by atoms with van der Waals surface area (Å²) in [5.41, 5.74) is 10.5. The Bertz CT molecular complexity index is 666. The number of carbonyl (C=O) groups excluding carboxylic acids is 1. The first-order valence-electron chi connectivity index (χ1n) is 7.32. The number of fused-ring (bicyclic) bond motifs is 1. The van der Waals surface area contributed by atoms with E-state index in [1.807, 2.05) is 31.2 Å². The molecule has 2 aromatic rings. The van der Waals surface area contributed by atoms with Crippen LogP contribution in [-0.2, 0) is 17.8 Å². The van der Waals surface area contributed by atoms with Crippen LogP contribution >= 0.6 is 0 Å². The lowest BCUT2D eigenvalue weighted by molar-refractivity contribution is -0.123. The van der Waals surface area contributed by atoms with Crippen molar-refractivity contribution in [3.8, 4) is 0 Å². The highest BCUT2D eigenvalue weighted by Crippen LogP contribution is 2.29. The molecular weight excluding hydrogens is 260 g/mol. The van der Waals surface area contributed by atoms with E-state index in [1.165, 1.54) is 11.1 Å². The van der Waals surface area contributed by atoms with Gasteiger partial charge in [0.2, 0.25) is 5.91 Å². The molecule has 1 heterocycles. The lowest BCUT2D eigenvalue weighted by Gasteiger charge is -2.34. The summed E-state index contributed by atoms with van der Waals surface area (Å²) in [7, 11) is 0. The topological polar surface area (TPSA) is 46.3 Å². The number of hydrogen-bond acceptors (Lipinski definition) is 2. The molecule has 0 radical (unpaired) electrons. The Morgan fingerprint density at radius 2 is 1.76 bits per heavy atom. The lowest BCUT2D eigenvalue weighted by Crippen LogP contribution is -2.41. The molecular formula is C18H20N2O. The zero-order valence-electron chi connectivity index (χ0n) is 12.3. The zero-order valence-corrected chi connectivity index (χ0v) is 12.3. The highest BCUT2D eigenvalue weighted by molar-refractivity contribution is 5.82. The van der Waals surface area contributed by atoms with Gasteiger partial charge < -0.3 is 5.73 Å². The fraction of sp³-hybridized carbons (Fsp3) is 0.278. The van der Waals surface area contributed by atoms with Crippen LogP contribution in [0.4, 0.5) is 0 Å². The Morgan fingerprint density at radius 1 is 1.10 bits per heavy atom. The molecule has 2 N–H and O–H groups in total. The summed E-state index contributed by atoms with van der Waals surface area (Å²) in [5, 5.41) is 0. The van der Waals surface area contributed by atoms with Crippen LogP contribution in [-0.4, -0.2) is 17.4 Å². The van der Waals surface area contributed by atoms with Gasteiger partial charge in [-0.05, 0) is 35.6 Å². The Hall–Kier alpha value is -2.13. The molecule has 0 aliphatic carbocycles. The van der Waals surface area contributed by atoms with Crippen LogP contribution in [0.5, 0.6) is 0 Å². The maximum absolute atomic E-state index is 12.0. The summed E-state index contributed by atoms with van der Waals surface area (Å²) in [4.78, 5) is 14.2. The SMILES string of the molecule is Cc1ccccc1C(C(N)=O)N1CCc2ccccc2C1. The molecule has 3 rings (SSSR count). The molecule has 3 heteroatoms. The predicted octanol–water partition coefficient (Wildman–Crippen LogP) is 2.58. The predicted molar refractivity (Wildman–Crippen MR) is 83.7 cm³/mol. The van der Waals surface area contributed by atoms with E-state index in [0.29, 0.717) is 0 Å². The minimum absolute atomic E-state index is 0.274.